The van der Waals surface area contributed by atoms with E-state index in [0.29, 0.717) is 22.4 Å². The van der Waals surface area contributed by atoms with E-state index in [1.807, 2.05) is 0 Å². The van der Waals surface area contributed by atoms with Crippen LogP contribution in [0.5, 0.6) is 0 Å². The Morgan fingerprint density at radius 3 is 2.81 bits per heavy atom. The lowest BCUT2D eigenvalue weighted by Gasteiger charge is -2.09. The highest BCUT2D eigenvalue weighted by Crippen LogP contribution is 2.23. The van der Waals surface area contributed by atoms with Gasteiger partial charge in [-0.1, -0.05) is 0 Å². The van der Waals surface area contributed by atoms with Crippen molar-refractivity contribution in [3.8, 4) is 5.69 Å². The van der Waals surface area contributed by atoms with Crippen LogP contribution in [-0.4, -0.2) is 30.8 Å². The van der Waals surface area contributed by atoms with Crippen LogP contribution in [0.4, 0.5) is 15.9 Å². The van der Waals surface area contributed by atoms with Gasteiger partial charge < -0.3 is 10.4 Å². The van der Waals surface area contributed by atoms with Gasteiger partial charge in [0, 0.05) is 36.1 Å². The maximum absolute atomic E-state index is 14.4. The highest BCUT2D eigenvalue weighted by atomic mass is 19.1. The van der Waals surface area contributed by atoms with Crippen molar-refractivity contribution >= 4 is 28.4 Å². The molecule has 1 aromatic carbocycles. The number of carboxylic acid groups (broad SMARTS) is 1. The van der Waals surface area contributed by atoms with Crippen LogP contribution in [-0.2, 0) is 0 Å². The molecular weight excluding hydrogens is 337 g/mol. The number of pyridine rings is 2. The number of nitrogens with zero attached hydrogens (tertiary/aromatic N) is 4. The average molecular weight is 349 g/mol. The van der Waals surface area contributed by atoms with Gasteiger partial charge in [0.05, 0.1) is 16.9 Å². The number of hydrogen-bond donors (Lipinski definition) is 2. The summed E-state index contributed by atoms with van der Waals surface area (Å²) in [6.07, 6.45) is 4.88. The van der Waals surface area contributed by atoms with Crippen LogP contribution < -0.4 is 5.32 Å². The molecule has 2 N–H and O–H groups in total. The molecule has 8 heteroatoms. The van der Waals surface area contributed by atoms with E-state index >= 15 is 0 Å². The first-order chi connectivity index (χ1) is 12.6. The minimum absolute atomic E-state index is 0.0654. The summed E-state index contributed by atoms with van der Waals surface area (Å²) < 4.78 is 15.9. The molecule has 0 spiro atoms. The molecule has 0 unspecified atom stereocenters. The van der Waals surface area contributed by atoms with Gasteiger partial charge in [-0.2, -0.15) is 5.10 Å². The first kappa shape index (κ1) is 15.7. The molecule has 3 aromatic heterocycles. The van der Waals surface area contributed by atoms with Crippen LogP contribution in [0.15, 0.2) is 61.1 Å². The molecule has 7 nitrogen and oxygen atoms in total. The molecule has 0 amide bonds. The van der Waals surface area contributed by atoms with E-state index in [2.05, 4.69) is 20.4 Å². The van der Waals surface area contributed by atoms with Gasteiger partial charge >= 0.3 is 5.97 Å². The van der Waals surface area contributed by atoms with Gasteiger partial charge in [0.1, 0.15) is 17.3 Å². The summed E-state index contributed by atoms with van der Waals surface area (Å²) in [6.45, 7) is 0. The minimum atomic E-state index is -1.11. The number of benzene rings is 1. The summed E-state index contributed by atoms with van der Waals surface area (Å²) in [5, 5.41) is 16.7. The SMILES string of the molecule is O=C(O)c1ccc2cnc(Nc3ccc(-n4cccn4)cc3F)cc2n1. The van der Waals surface area contributed by atoms with Gasteiger partial charge in [-0.3, -0.25) is 0 Å². The molecule has 0 atom stereocenters. The van der Waals surface area contributed by atoms with E-state index in [4.69, 9.17) is 5.11 Å². The third-order valence-corrected chi connectivity index (χ3v) is 3.78. The molecule has 26 heavy (non-hydrogen) atoms. The fourth-order valence-electron chi connectivity index (χ4n) is 2.51. The molecule has 3 heterocycles. The number of fused-ring (bicyclic) bond motifs is 1. The lowest BCUT2D eigenvalue weighted by Crippen LogP contribution is -2.02. The number of carbonyl (C=O) groups is 1. The summed E-state index contributed by atoms with van der Waals surface area (Å²) >= 11 is 0. The molecule has 4 aromatic rings. The Morgan fingerprint density at radius 2 is 2.08 bits per heavy atom. The molecule has 0 aliphatic heterocycles. The summed E-state index contributed by atoms with van der Waals surface area (Å²) in [5.41, 5.74) is 1.22. The lowest BCUT2D eigenvalue weighted by molar-refractivity contribution is 0.0691. The van der Waals surface area contributed by atoms with E-state index in [1.54, 1.807) is 53.6 Å². The zero-order valence-corrected chi connectivity index (χ0v) is 13.3. The second-order valence-corrected chi connectivity index (χ2v) is 5.50. The standard InChI is InChI=1S/C18H12FN5O2/c19-13-8-12(24-7-1-6-21-24)3-5-14(13)23-17-9-16-11(10-20-17)2-4-15(22-16)18(25)26/h1-10H,(H,20,23)(H,25,26). The van der Waals surface area contributed by atoms with Crippen molar-refractivity contribution in [3.63, 3.8) is 0 Å². The molecule has 0 aliphatic rings. The fourth-order valence-corrected chi connectivity index (χ4v) is 2.51. The Kier molecular flexibility index (Phi) is 3.77. The van der Waals surface area contributed by atoms with Gasteiger partial charge in [0.2, 0.25) is 0 Å². The van der Waals surface area contributed by atoms with E-state index < -0.39 is 11.8 Å². The van der Waals surface area contributed by atoms with Gasteiger partial charge in [0.25, 0.3) is 0 Å². The Labute approximate surface area is 146 Å². The highest BCUT2D eigenvalue weighted by molar-refractivity contribution is 5.90. The summed E-state index contributed by atoms with van der Waals surface area (Å²) in [4.78, 5) is 19.3. The Hall–Kier alpha value is -3.81. The molecular formula is C18H12FN5O2. The van der Waals surface area contributed by atoms with Crippen molar-refractivity contribution in [2.24, 2.45) is 0 Å². The molecule has 4 rings (SSSR count). The van der Waals surface area contributed by atoms with Crippen LogP contribution >= 0.6 is 0 Å². The van der Waals surface area contributed by atoms with Gasteiger partial charge in [-0.25, -0.2) is 23.8 Å². The monoisotopic (exact) mass is 349 g/mol. The number of halogens is 1. The molecule has 0 saturated heterocycles. The van der Waals surface area contributed by atoms with Crippen LogP contribution in [0.25, 0.3) is 16.6 Å². The zero-order chi connectivity index (χ0) is 18.1. The van der Waals surface area contributed by atoms with Crippen LogP contribution in [0.1, 0.15) is 10.5 Å². The number of anilines is 2. The van der Waals surface area contributed by atoms with E-state index in [0.717, 1.165) is 0 Å². The molecule has 0 bridgehead atoms. The van der Waals surface area contributed by atoms with Crippen molar-refractivity contribution in [1.29, 1.82) is 0 Å². The van der Waals surface area contributed by atoms with Crippen molar-refractivity contribution in [1.82, 2.24) is 19.7 Å². The largest absolute Gasteiger partial charge is 0.477 e. The van der Waals surface area contributed by atoms with Crippen molar-refractivity contribution in [2.45, 2.75) is 0 Å². The number of nitrogens with one attached hydrogen (secondary N) is 1. The van der Waals surface area contributed by atoms with Crippen LogP contribution in [0.3, 0.4) is 0 Å². The average Bonchev–Trinajstić information content (AvgIpc) is 3.17. The first-order valence-electron chi connectivity index (χ1n) is 7.67. The van der Waals surface area contributed by atoms with Crippen LogP contribution in [0, 0.1) is 5.82 Å². The minimum Gasteiger partial charge on any atom is -0.477 e. The first-order valence-corrected chi connectivity index (χ1v) is 7.67. The third-order valence-electron chi connectivity index (χ3n) is 3.78. The number of hydrogen-bond acceptors (Lipinski definition) is 5. The Balaban J connectivity index is 1.65. The second-order valence-electron chi connectivity index (χ2n) is 5.50. The summed E-state index contributed by atoms with van der Waals surface area (Å²) in [7, 11) is 0. The van der Waals surface area contributed by atoms with Crippen molar-refractivity contribution in [2.75, 3.05) is 5.32 Å². The highest BCUT2D eigenvalue weighted by Gasteiger charge is 2.09. The smallest absolute Gasteiger partial charge is 0.354 e. The van der Waals surface area contributed by atoms with Gasteiger partial charge in [-0.15, -0.1) is 0 Å². The number of rotatable bonds is 4. The van der Waals surface area contributed by atoms with Gasteiger partial charge in [-0.05, 0) is 30.3 Å². The number of carboxylic acids is 1. The normalized spacial score (nSPS) is 10.8. The van der Waals surface area contributed by atoms with Crippen LogP contribution in [0.2, 0.25) is 0 Å². The van der Waals surface area contributed by atoms with E-state index in [9.17, 15) is 9.18 Å². The van der Waals surface area contributed by atoms with E-state index in [-0.39, 0.29) is 11.4 Å². The zero-order valence-electron chi connectivity index (χ0n) is 13.3. The quantitative estimate of drug-likeness (QED) is 0.587. The maximum atomic E-state index is 14.4. The molecule has 0 fully saturated rings. The summed E-state index contributed by atoms with van der Waals surface area (Å²) in [5.74, 6) is -1.22. The van der Waals surface area contributed by atoms with Crippen molar-refractivity contribution < 1.29 is 14.3 Å². The lowest BCUT2D eigenvalue weighted by atomic mass is 10.2. The Bertz CT molecular complexity index is 1110. The molecule has 0 saturated carbocycles. The Morgan fingerprint density at radius 1 is 1.19 bits per heavy atom. The molecule has 0 aliphatic carbocycles. The third kappa shape index (κ3) is 2.95. The second kappa shape index (κ2) is 6.25. The summed E-state index contributed by atoms with van der Waals surface area (Å²) in [6, 6.07) is 11.0. The maximum Gasteiger partial charge on any atom is 0.354 e. The van der Waals surface area contributed by atoms with Crippen molar-refractivity contribution in [3.05, 3.63) is 72.6 Å². The molecule has 128 valence electrons. The van der Waals surface area contributed by atoms with E-state index in [1.165, 1.54) is 12.1 Å². The topological polar surface area (TPSA) is 92.9 Å². The number of aromatic nitrogens is 4. The predicted molar refractivity (Wildman–Crippen MR) is 93.3 cm³/mol. The molecule has 0 radical (unpaired) electrons. The number of aromatic carboxylic acids is 1. The van der Waals surface area contributed by atoms with Gasteiger partial charge in [0.15, 0.2) is 0 Å². The predicted octanol–water partition coefficient (Wildman–Crippen LogP) is 3.40. The fraction of sp³-hybridized carbons (Fsp3) is 0.